The minimum absolute atomic E-state index is 0.130. The second-order valence-corrected chi connectivity index (χ2v) is 4.75. The van der Waals surface area contributed by atoms with Gasteiger partial charge in [0.2, 0.25) is 5.78 Å². The molecule has 3 heteroatoms. The van der Waals surface area contributed by atoms with Crippen LogP contribution in [0.15, 0.2) is 60.7 Å². The van der Waals surface area contributed by atoms with Crippen LogP contribution >= 0.6 is 0 Å². The maximum Gasteiger partial charge on any atom is 0.206 e. The van der Waals surface area contributed by atoms with E-state index in [0.717, 1.165) is 16.6 Å². The smallest absolute Gasteiger partial charge is 0.206 e. The molecule has 102 valence electrons. The fourth-order valence-electron chi connectivity index (χ4n) is 2.14. The molecule has 0 bridgehead atoms. The van der Waals surface area contributed by atoms with Crippen molar-refractivity contribution in [2.24, 2.45) is 0 Å². The minimum Gasteiger partial charge on any atom is -0.287 e. The number of hydrogen-bond acceptors (Lipinski definition) is 3. The first-order valence-electron chi connectivity index (χ1n) is 6.75. The average Bonchev–Trinajstić information content (AvgIpc) is 2.53. The Hall–Kier alpha value is -2.81. The van der Waals surface area contributed by atoms with Gasteiger partial charge in [0.15, 0.2) is 0 Å². The predicted octanol–water partition coefficient (Wildman–Crippen LogP) is 3.83. The van der Waals surface area contributed by atoms with Crippen molar-refractivity contribution in [2.45, 2.75) is 6.92 Å². The Labute approximate surface area is 123 Å². The molecule has 0 aliphatic heterocycles. The van der Waals surface area contributed by atoms with Crippen molar-refractivity contribution >= 4 is 22.9 Å². The Kier molecular flexibility index (Phi) is 3.56. The van der Waals surface area contributed by atoms with Crippen molar-refractivity contribution < 1.29 is 4.79 Å². The van der Waals surface area contributed by atoms with E-state index in [1.807, 2.05) is 61.5 Å². The molecule has 21 heavy (non-hydrogen) atoms. The van der Waals surface area contributed by atoms with Gasteiger partial charge >= 0.3 is 0 Å². The number of rotatable bonds is 3. The summed E-state index contributed by atoms with van der Waals surface area (Å²) < 4.78 is 0. The van der Waals surface area contributed by atoms with Gasteiger partial charge in [0, 0.05) is 0 Å². The summed E-state index contributed by atoms with van der Waals surface area (Å²) in [7, 11) is 0. The second-order valence-electron chi connectivity index (χ2n) is 4.75. The predicted molar refractivity (Wildman–Crippen MR) is 84.1 cm³/mol. The summed E-state index contributed by atoms with van der Waals surface area (Å²) in [4.78, 5) is 21.2. The molecule has 0 amide bonds. The van der Waals surface area contributed by atoms with E-state index >= 15 is 0 Å². The third-order valence-corrected chi connectivity index (χ3v) is 3.20. The number of hydrogen-bond donors (Lipinski definition) is 0. The molecule has 3 nitrogen and oxygen atoms in total. The number of para-hydroxylation sites is 2. The number of benzene rings is 2. The van der Waals surface area contributed by atoms with Crippen LogP contribution in [0.2, 0.25) is 0 Å². The molecular weight excluding hydrogens is 266 g/mol. The van der Waals surface area contributed by atoms with Crippen LogP contribution < -0.4 is 0 Å². The van der Waals surface area contributed by atoms with Crippen LogP contribution in [0.3, 0.4) is 0 Å². The lowest BCUT2D eigenvalue weighted by atomic mass is 10.2. The third-order valence-electron chi connectivity index (χ3n) is 3.20. The number of nitrogens with zero attached hydrogens (tertiary/aromatic N) is 2. The molecule has 3 rings (SSSR count). The minimum atomic E-state index is -0.130. The molecule has 1 aromatic heterocycles. The van der Waals surface area contributed by atoms with E-state index in [1.54, 1.807) is 12.2 Å². The summed E-state index contributed by atoms with van der Waals surface area (Å²) in [6.45, 7) is 1.81. The van der Waals surface area contributed by atoms with Crippen molar-refractivity contribution in [1.29, 1.82) is 0 Å². The van der Waals surface area contributed by atoms with Gasteiger partial charge in [-0.2, -0.15) is 0 Å². The molecule has 0 atom stereocenters. The van der Waals surface area contributed by atoms with Crippen LogP contribution in [0.25, 0.3) is 17.1 Å². The SMILES string of the molecule is Cc1nc2ccccc2nc1C(=O)/C=C/[13c]1[13cH][13cH][13cH][13cH][13cH]1. The van der Waals surface area contributed by atoms with Crippen LogP contribution in [0.5, 0.6) is 0 Å². The summed E-state index contributed by atoms with van der Waals surface area (Å²) in [5.41, 5.74) is 3.58. The monoisotopic (exact) mass is 280 g/mol. The molecule has 0 radical (unpaired) electrons. The molecule has 2 aromatic carbocycles. The zero-order valence-corrected chi connectivity index (χ0v) is 11.7. The number of ketones is 1. The van der Waals surface area contributed by atoms with Gasteiger partial charge in [-0.05, 0) is 30.7 Å². The maximum absolute atomic E-state index is 12.3. The molecule has 0 saturated carbocycles. The summed E-state index contributed by atoms with van der Waals surface area (Å²) in [6.07, 6.45) is 3.33. The highest BCUT2D eigenvalue weighted by atomic mass is 16.1. The van der Waals surface area contributed by atoms with Crippen molar-refractivity contribution in [3.63, 3.8) is 0 Å². The third kappa shape index (κ3) is 2.87. The van der Waals surface area contributed by atoms with Crippen molar-refractivity contribution in [3.05, 3.63) is 77.6 Å². The average molecular weight is 280 g/mol. The number of fused-ring (bicyclic) bond motifs is 1. The number of carbonyl (C=O) groups excluding carboxylic acids is 1. The molecule has 0 aliphatic rings. The Morgan fingerprint density at radius 2 is 1.52 bits per heavy atom. The highest BCUT2D eigenvalue weighted by Gasteiger charge is 2.10. The molecule has 0 unspecified atom stereocenters. The van der Waals surface area contributed by atoms with Crippen LogP contribution in [-0.2, 0) is 0 Å². The molecule has 0 aliphatic carbocycles. The summed E-state index contributed by atoms with van der Waals surface area (Å²) in [6, 6.07) is 17.3. The summed E-state index contributed by atoms with van der Waals surface area (Å²) >= 11 is 0. The fraction of sp³-hybridized carbons (Fsp3) is 0.0556. The van der Waals surface area contributed by atoms with E-state index in [-0.39, 0.29) is 5.78 Å². The first-order chi connectivity index (χ1) is 10.2. The van der Waals surface area contributed by atoms with Crippen molar-refractivity contribution in [3.8, 4) is 0 Å². The second kappa shape index (κ2) is 5.67. The lowest BCUT2D eigenvalue weighted by Gasteiger charge is -2.03. The fourth-order valence-corrected chi connectivity index (χ4v) is 2.14. The van der Waals surface area contributed by atoms with Crippen molar-refractivity contribution in [1.82, 2.24) is 9.97 Å². The van der Waals surface area contributed by atoms with Crippen LogP contribution in [-0.4, -0.2) is 15.8 Å². The normalized spacial score (nSPS) is 11.1. The van der Waals surface area contributed by atoms with E-state index in [9.17, 15) is 4.79 Å². The van der Waals surface area contributed by atoms with Gasteiger partial charge in [0.1, 0.15) is 5.69 Å². The van der Waals surface area contributed by atoms with Gasteiger partial charge in [-0.15, -0.1) is 0 Å². The highest BCUT2D eigenvalue weighted by molar-refractivity contribution is 6.06. The highest BCUT2D eigenvalue weighted by Crippen LogP contribution is 2.13. The zero-order valence-electron chi connectivity index (χ0n) is 11.7. The molecule has 0 fully saturated rings. The van der Waals surface area contributed by atoms with Gasteiger partial charge in [-0.25, -0.2) is 9.97 Å². The van der Waals surface area contributed by atoms with Gasteiger partial charge < -0.3 is 0 Å². The standard InChI is InChI=1S/C18H14N2O/c1-13-18(20-16-10-6-5-9-15(16)19-13)17(21)12-11-14-7-3-2-4-8-14/h2-12H,1H3/b12-11+/i2+1,3+1,4+1,7+1,8+1,14+1. The number of aryl methyl sites for hydroxylation is 1. The van der Waals surface area contributed by atoms with Gasteiger partial charge in [0.05, 0.1) is 16.7 Å². The van der Waals surface area contributed by atoms with Crippen LogP contribution in [0.4, 0.5) is 0 Å². The first kappa shape index (κ1) is 13.2. The quantitative estimate of drug-likeness (QED) is 0.541. The summed E-state index contributed by atoms with van der Waals surface area (Å²) in [5.74, 6) is -0.130. The topological polar surface area (TPSA) is 42.9 Å². The zero-order chi connectivity index (χ0) is 14.7. The Balaban J connectivity index is 1.94. The maximum atomic E-state index is 12.3. The van der Waals surface area contributed by atoms with E-state index in [4.69, 9.17) is 0 Å². The van der Waals surface area contributed by atoms with E-state index in [0.29, 0.717) is 11.4 Å². The lowest BCUT2D eigenvalue weighted by Crippen LogP contribution is -2.04. The lowest BCUT2D eigenvalue weighted by molar-refractivity contribution is 0.104. The molecule has 0 saturated heterocycles. The molecule has 0 N–H and O–H groups in total. The largest absolute Gasteiger partial charge is 0.287 e. The van der Waals surface area contributed by atoms with Crippen LogP contribution in [0, 0.1) is 6.92 Å². The van der Waals surface area contributed by atoms with Crippen LogP contribution in [0.1, 0.15) is 21.7 Å². The summed E-state index contributed by atoms with van der Waals surface area (Å²) in [5, 5.41) is 0. The van der Waals surface area contributed by atoms with Gasteiger partial charge in [-0.1, -0.05) is 48.5 Å². The van der Waals surface area contributed by atoms with Gasteiger partial charge in [-0.3, -0.25) is 4.79 Å². The Morgan fingerprint density at radius 1 is 0.905 bits per heavy atom. The van der Waals surface area contributed by atoms with E-state index < -0.39 is 0 Å². The van der Waals surface area contributed by atoms with E-state index in [1.165, 1.54) is 0 Å². The first-order valence-corrected chi connectivity index (χ1v) is 6.75. The Morgan fingerprint density at radius 3 is 2.24 bits per heavy atom. The van der Waals surface area contributed by atoms with Crippen molar-refractivity contribution in [2.75, 3.05) is 0 Å². The molecular formula is C18H14N2O. The van der Waals surface area contributed by atoms with Gasteiger partial charge in [0.25, 0.3) is 0 Å². The number of aromatic nitrogens is 2. The number of carbonyl (C=O) groups is 1. The number of allylic oxidation sites excluding steroid dienone is 1. The molecule has 1 heterocycles. The van der Waals surface area contributed by atoms with E-state index in [2.05, 4.69) is 9.97 Å². The Bertz CT molecular complexity index is 823. The molecule has 0 spiro atoms. The molecule has 3 aromatic rings.